The number of nitrogens with zero attached hydrogens (tertiary/aromatic N) is 1. The van der Waals surface area contributed by atoms with Gasteiger partial charge in [-0.1, -0.05) is 12.1 Å². The molecule has 0 aliphatic carbocycles. The van der Waals surface area contributed by atoms with Crippen molar-refractivity contribution in [2.45, 2.75) is 18.9 Å². The lowest BCUT2D eigenvalue weighted by Gasteiger charge is -2.39. The van der Waals surface area contributed by atoms with Crippen molar-refractivity contribution in [3.8, 4) is 0 Å². The number of rotatable bonds is 6. The summed E-state index contributed by atoms with van der Waals surface area (Å²) in [6, 6.07) is 6.72. The third kappa shape index (κ3) is 3.17. The molecule has 0 amide bonds. The second-order valence-electron chi connectivity index (χ2n) is 4.45. The maximum absolute atomic E-state index is 13.7. The van der Waals surface area contributed by atoms with Gasteiger partial charge >= 0.3 is 0 Å². The van der Waals surface area contributed by atoms with Gasteiger partial charge in [0.15, 0.2) is 0 Å². The van der Waals surface area contributed by atoms with Gasteiger partial charge < -0.3 is 15.4 Å². The van der Waals surface area contributed by atoms with Gasteiger partial charge in [0.25, 0.3) is 0 Å². The number of hydrogen-bond acceptors (Lipinski definition) is 3. The van der Waals surface area contributed by atoms with E-state index in [-0.39, 0.29) is 11.4 Å². The summed E-state index contributed by atoms with van der Waals surface area (Å²) in [7, 11) is 3.51. The number of halogens is 1. The number of nitrogens with two attached hydrogens (primary N) is 1. The fraction of sp³-hybridized carbons (Fsp3) is 0.538. The van der Waals surface area contributed by atoms with Crippen LogP contribution in [0.2, 0.25) is 0 Å². The smallest absolute Gasteiger partial charge is 0.146 e. The minimum Gasteiger partial charge on any atom is -0.385 e. The Bertz CT molecular complexity index is 359. The number of ether oxygens (including phenoxy) is 1. The summed E-state index contributed by atoms with van der Waals surface area (Å²) in [5, 5.41) is 0. The molecule has 1 aromatic rings. The molecule has 0 aliphatic heterocycles. The van der Waals surface area contributed by atoms with Crippen LogP contribution in [-0.2, 0) is 4.74 Å². The monoisotopic (exact) mass is 240 g/mol. The molecule has 4 heteroatoms. The van der Waals surface area contributed by atoms with Gasteiger partial charge in [-0.2, -0.15) is 0 Å². The lowest BCUT2D eigenvalue weighted by atomic mass is 9.95. The molecule has 0 saturated heterocycles. The van der Waals surface area contributed by atoms with Crippen LogP contribution in [0.4, 0.5) is 10.1 Å². The Hall–Kier alpha value is -1.13. The third-order valence-electron chi connectivity index (χ3n) is 3.31. The van der Waals surface area contributed by atoms with E-state index in [1.165, 1.54) is 6.07 Å². The predicted octanol–water partition coefficient (Wildman–Crippen LogP) is 2.02. The molecule has 0 aliphatic rings. The van der Waals surface area contributed by atoms with Crippen LogP contribution in [-0.4, -0.2) is 32.8 Å². The minimum absolute atomic E-state index is 0.230. The van der Waals surface area contributed by atoms with Gasteiger partial charge in [-0.25, -0.2) is 4.39 Å². The van der Waals surface area contributed by atoms with Crippen LogP contribution in [0.1, 0.15) is 13.3 Å². The lowest BCUT2D eigenvalue weighted by Crippen LogP contribution is -2.51. The highest BCUT2D eigenvalue weighted by Crippen LogP contribution is 2.26. The van der Waals surface area contributed by atoms with Crippen molar-refractivity contribution in [2.75, 3.05) is 32.2 Å². The lowest BCUT2D eigenvalue weighted by molar-refractivity contribution is 0.171. The Labute approximate surface area is 102 Å². The van der Waals surface area contributed by atoms with Crippen LogP contribution < -0.4 is 10.6 Å². The highest BCUT2D eigenvalue weighted by atomic mass is 19.1. The number of para-hydroxylation sites is 1. The summed E-state index contributed by atoms with van der Waals surface area (Å²) in [6.45, 7) is 3.06. The van der Waals surface area contributed by atoms with Gasteiger partial charge in [-0.05, 0) is 25.5 Å². The van der Waals surface area contributed by atoms with Crippen LogP contribution in [0.5, 0.6) is 0 Å². The van der Waals surface area contributed by atoms with Gasteiger partial charge in [0.1, 0.15) is 5.82 Å². The molecule has 2 N–H and O–H groups in total. The molecule has 1 rings (SSSR count). The van der Waals surface area contributed by atoms with E-state index >= 15 is 0 Å². The summed E-state index contributed by atoms with van der Waals surface area (Å²) in [6.07, 6.45) is 0.755. The van der Waals surface area contributed by atoms with Crippen molar-refractivity contribution in [3.63, 3.8) is 0 Å². The van der Waals surface area contributed by atoms with Crippen molar-refractivity contribution in [1.29, 1.82) is 0 Å². The van der Waals surface area contributed by atoms with Crippen LogP contribution in [0.3, 0.4) is 0 Å². The van der Waals surface area contributed by atoms with Crippen molar-refractivity contribution in [1.82, 2.24) is 0 Å². The Morgan fingerprint density at radius 2 is 2.06 bits per heavy atom. The molecule has 0 bridgehead atoms. The molecule has 0 fully saturated rings. The summed E-state index contributed by atoms with van der Waals surface area (Å²) in [5.74, 6) is -0.230. The van der Waals surface area contributed by atoms with Gasteiger partial charge in [-0.15, -0.1) is 0 Å². The Morgan fingerprint density at radius 3 is 2.59 bits per heavy atom. The molecule has 0 heterocycles. The Morgan fingerprint density at radius 1 is 1.41 bits per heavy atom. The Kier molecular flexibility index (Phi) is 4.90. The topological polar surface area (TPSA) is 38.5 Å². The second-order valence-corrected chi connectivity index (χ2v) is 4.45. The first kappa shape index (κ1) is 13.9. The molecule has 0 aromatic heterocycles. The Balaban J connectivity index is 2.92. The van der Waals surface area contributed by atoms with E-state index in [9.17, 15) is 4.39 Å². The largest absolute Gasteiger partial charge is 0.385 e. The zero-order chi connectivity index (χ0) is 12.9. The fourth-order valence-electron chi connectivity index (χ4n) is 1.74. The number of methoxy groups -OCH3 is 1. The van der Waals surface area contributed by atoms with Gasteiger partial charge in [0, 0.05) is 27.3 Å². The van der Waals surface area contributed by atoms with E-state index in [2.05, 4.69) is 0 Å². The van der Waals surface area contributed by atoms with Gasteiger partial charge in [-0.3, -0.25) is 0 Å². The highest BCUT2D eigenvalue weighted by molar-refractivity contribution is 5.49. The quantitative estimate of drug-likeness (QED) is 0.826. The number of hydrogen-bond donors (Lipinski definition) is 1. The van der Waals surface area contributed by atoms with Crippen LogP contribution in [0, 0.1) is 5.82 Å². The van der Waals surface area contributed by atoms with E-state index in [0.29, 0.717) is 18.8 Å². The average Bonchev–Trinajstić information content (AvgIpc) is 2.35. The second kappa shape index (κ2) is 5.98. The van der Waals surface area contributed by atoms with Gasteiger partial charge in [0.2, 0.25) is 0 Å². The SMILES string of the molecule is COCCC(C)(CN)N(C)c1ccccc1F. The predicted molar refractivity (Wildman–Crippen MR) is 68.8 cm³/mol. The van der Waals surface area contributed by atoms with Crippen LogP contribution >= 0.6 is 0 Å². The molecule has 0 radical (unpaired) electrons. The normalized spacial score (nSPS) is 14.4. The van der Waals surface area contributed by atoms with Crippen molar-refractivity contribution >= 4 is 5.69 Å². The van der Waals surface area contributed by atoms with Crippen LogP contribution in [0.25, 0.3) is 0 Å². The highest BCUT2D eigenvalue weighted by Gasteiger charge is 2.29. The zero-order valence-corrected chi connectivity index (χ0v) is 10.7. The number of anilines is 1. The molecule has 3 nitrogen and oxygen atoms in total. The first-order valence-corrected chi connectivity index (χ1v) is 5.72. The molecular weight excluding hydrogens is 219 g/mol. The molecule has 1 unspecified atom stereocenters. The number of benzene rings is 1. The van der Waals surface area contributed by atoms with E-state index in [0.717, 1.165) is 6.42 Å². The summed E-state index contributed by atoms with van der Waals surface area (Å²) in [4.78, 5) is 1.89. The van der Waals surface area contributed by atoms with Gasteiger partial charge in [0.05, 0.1) is 11.2 Å². The van der Waals surface area contributed by atoms with Crippen molar-refractivity contribution < 1.29 is 9.13 Å². The average molecular weight is 240 g/mol. The fourth-order valence-corrected chi connectivity index (χ4v) is 1.74. The first-order valence-electron chi connectivity index (χ1n) is 5.72. The minimum atomic E-state index is -0.307. The first-order chi connectivity index (χ1) is 8.05. The molecule has 0 spiro atoms. The summed E-state index contributed by atoms with van der Waals surface area (Å²) >= 11 is 0. The van der Waals surface area contributed by atoms with Crippen LogP contribution in [0.15, 0.2) is 24.3 Å². The third-order valence-corrected chi connectivity index (χ3v) is 3.31. The standard InChI is InChI=1S/C13H21FN2O/c1-13(10-15,8-9-17-3)16(2)12-7-5-4-6-11(12)14/h4-7H,8-10,15H2,1-3H3. The summed E-state index contributed by atoms with van der Waals surface area (Å²) in [5.41, 5.74) is 6.08. The molecule has 17 heavy (non-hydrogen) atoms. The molecule has 0 saturated carbocycles. The maximum Gasteiger partial charge on any atom is 0.146 e. The maximum atomic E-state index is 13.7. The van der Waals surface area contributed by atoms with E-state index in [4.69, 9.17) is 10.5 Å². The van der Waals surface area contributed by atoms with Crippen molar-refractivity contribution in [2.24, 2.45) is 5.73 Å². The molecule has 96 valence electrons. The van der Waals surface area contributed by atoms with E-state index in [1.807, 2.05) is 24.9 Å². The molecule has 1 aromatic carbocycles. The number of likely N-dealkylation sites (N-methyl/N-ethyl adjacent to an activating group) is 1. The summed E-state index contributed by atoms with van der Waals surface area (Å²) < 4.78 is 18.8. The van der Waals surface area contributed by atoms with E-state index in [1.54, 1.807) is 19.2 Å². The van der Waals surface area contributed by atoms with Crippen molar-refractivity contribution in [3.05, 3.63) is 30.1 Å². The molecule has 1 atom stereocenters. The van der Waals surface area contributed by atoms with E-state index < -0.39 is 0 Å². The zero-order valence-electron chi connectivity index (χ0n) is 10.7. The molecular formula is C13H21FN2O.